The van der Waals surface area contributed by atoms with Crippen molar-refractivity contribution in [2.45, 2.75) is 27.4 Å². The molecule has 15 heavy (non-hydrogen) atoms. The van der Waals surface area contributed by atoms with Crippen LogP contribution in [-0.4, -0.2) is 28.7 Å². The summed E-state index contributed by atoms with van der Waals surface area (Å²) in [6.45, 7) is 7.13. The lowest BCUT2D eigenvalue weighted by atomic mass is 10.2. The summed E-state index contributed by atoms with van der Waals surface area (Å²) >= 11 is 0. The first-order valence-corrected chi connectivity index (χ1v) is 5.19. The highest BCUT2D eigenvalue weighted by atomic mass is 16.3. The molecule has 0 saturated heterocycles. The quantitative estimate of drug-likeness (QED) is 0.813. The first-order valence-electron chi connectivity index (χ1n) is 5.19. The number of aryl methyl sites for hydroxylation is 1. The van der Waals surface area contributed by atoms with Gasteiger partial charge in [-0.05, 0) is 12.8 Å². The van der Waals surface area contributed by atoms with E-state index in [2.05, 4.69) is 23.8 Å². The summed E-state index contributed by atoms with van der Waals surface area (Å²) in [6, 6.07) is 0. The Balaban J connectivity index is 2.82. The Hall–Kier alpha value is -1.16. The average molecular weight is 209 g/mol. The molecule has 0 fully saturated rings. The van der Waals surface area contributed by atoms with Crippen molar-refractivity contribution in [2.75, 3.05) is 18.5 Å². The smallest absolute Gasteiger partial charge is 0.225 e. The van der Waals surface area contributed by atoms with E-state index in [1.165, 1.54) is 0 Å². The standard InChI is InChI=1S/C11H19N3O/c1-8(2)6-14(4)11-12-5-10(7-15)9(3)13-11/h5,8,15H,6-7H2,1-4H3. The van der Waals surface area contributed by atoms with E-state index in [0.717, 1.165) is 23.8 Å². The van der Waals surface area contributed by atoms with Crippen LogP contribution in [0.4, 0.5) is 5.95 Å². The molecular formula is C11H19N3O. The molecule has 0 aliphatic carbocycles. The molecule has 0 bridgehead atoms. The van der Waals surface area contributed by atoms with Gasteiger partial charge >= 0.3 is 0 Å². The minimum absolute atomic E-state index is 0.00000811. The van der Waals surface area contributed by atoms with Crippen LogP contribution in [0.3, 0.4) is 0 Å². The van der Waals surface area contributed by atoms with Crippen LogP contribution in [0, 0.1) is 12.8 Å². The zero-order chi connectivity index (χ0) is 11.4. The maximum Gasteiger partial charge on any atom is 0.225 e. The van der Waals surface area contributed by atoms with Crippen molar-refractivity contribution in [3.05, 3.63) is 17.5 Å². The third-order valence-corrected chi connectivity index (χ3v) is 2.22. The van der Waals surface area contributed by atoms with Crippen molar-refractivity contribution in [3.63, 3.8) is 0 Å². The molecule has 4 nitrogen and oxygen atoms in total. The Kier molecular flexibility index (Phi) is 4.03. The second-order valence-electron chi connectivity index (χ2n) is 4.21. The highest BCUT2D eigenvalue weighted by molar-refractivity contribution is 5.31. The number of nitrogens with zero attached hydrogens (tertiary/aromatic N) is 3. The summed E-state index contributed by atoms with van der Waals surface area (Å²) in [5, 5.41) is 9.00. The van der Waals surface area contributed by atoms with E-state index < -0.39 is 0 Å². The van der Waals surface area contributed by atoms with E-state index in [1.54, 1.807) is 6.20 Å². The molecule has 0 aliphatic heterocycles. The number of hydrogen-bond donors (Lipinski definition) is 1. The SMILES string of the molecule is Cc1nc(N(C)CC(C)C)ncc1CO. The molecule has 1 heterocycles. The third kappa shape index (κ3) is 3.16. The van der Waals surface area contributed by atoms with Gasteiger partial charge in [0, 0.05) is 31.0 Å². The van der Waals surface area contributed by atoms with Gasteiger partial charge in [-0.25, -0.2) is 9.97 Å². The Morgan fingerprint density at radius 1 is 1.47 bits per heavy atom. The molecule has 84 valence electrons. The monoisotopic (exact) mass is 209 g/mol. The van der Waals surface area contributed by atoms with E-state index in [4.69, 9.17) is 5.11 Å². The molecule has 0 atom stereocenters. The van der Waals surface area contributed by atoms with Gasteiger partial charge in [0.25, 0.3) is 0 Å². The number of hydrogen-bond acceptors (Lipinski definition) is 4. The fourth-order valence-electron chi connectivity index (χ4n) is 1.45. The summed E-state index contributed by atoms with van der Waals surface area (Å²) in [4.78, 5) is 10.6. The molecule has 0 aliphatic rings. The van der Waals surface area contributed by atoms with Gasteiger partial charge in [0.15, 0.2) is 0 Å². The number of aliphatic hydroxyl groups excluding tert-OH is 1. The molecule has 4 heteroatoms. The second kappa shape index (κ2) is 5.07. The lowest BCUT2D eigenvalue weighted by Gasteiger charge is -2.19. The summed E-state index contributed by atoms with van der Waals surface area (Å²) in [6.07, 6.45) is 1.69. The van der Waals surface area contributed by atoms with E-state index in [1.807, 2.05) is 18.9 Å². The Labute approximate surface area is 91.0 Å². The van der Waals surface area contributed by atoms with Crippen molar-refractivity contribution in [1.82, 2.24) is 9.97 Å². The molecule has 0 spiro atoms. The topological polar surface area (TPSA) is 49.2 Å². The summed E-state index contributed by atoms with van der Waals surface area (Å²) in [5.41, 5.74) is 1.63. The lowest BCUT2D eigenvalue weighted by molar-refractivity contribution is 0.280. The fraction of sp³-hybridized carbons (Fsp3) is 0.636. The minimum atomic E-state index is 0.00000811. The van der Waals surface area contributed by atoms with Crippen molar-refractivity contribution in [1.29, 1.82) is 0 Å². The Bertz CT molecular complexity index is 326. The Morgan fingerprint density at radius 2 is 2.13 bits per heavy atom. The molecule has 0 aromatic carbocycles. The van der Waals surface area contributed by atoms with Gasteiger partial charge in [0.2, 0.25) is 5.95 Å². The lowest BCUT2D eigenvalue weighted by Crippen LogP contribution is -2.24. The highest BCUT2D eigenvalue weighted by Crippen LogP contribution is 2.11. The normalized spacial score (nSPS) is 10.8. The van der Waals surface area contributed by atoms with E-state index in [-0.39, 0.29) is 6.61 Å². The van der Waals surface area contributed by atoms with Crippen LogP contribution >= 0.6 is 0 Å². The van der Waals surface area contributed by atoms with E-state index in [9.17, 15) is 0 Å². The van der Waals surface area contributed by atoms with E-state index >= 15 is 0 Å². The van der Waals surface area contributed by atoms with Crippen molar-refractivity contribution >= 4 is 5.95 Å². The van der Waals surface area contributed by atoms with Crippen LogP contribution in [0.2, 0.25) is 0 Å². The van der Waals surface area contributed by atoms with Crippen LogP contribution in [0.15, 0.2) is 6.20 Å². The molecule has 0 amide bonds. The molecule has 1 rings (SSSR count). The summed E-state index contributed by atoms with van der Waals surface area (Å²) < 4.78 is 0. The highest BCUT2D eigenvalue weighted by Gasteiger charge is 2.08. The maximum absolute atomic E-state index is 9.00. The second-order valence-corrected chi connectivity index (χ2v) is 4.21. The first kappa shape index (κ1) is 11.9. The number of aliphatic hydroxyl groups is 1. The van der Waals surface area contributed by atoms with Gasteiger partial charge in [-0.2, -0.15) is 0 Å². The Morgan fingerprint density at radius 3 is 2.60 bits per heavy atom. The van der Waals surface area contributed by atoms with Crippen LogP contribution in [0.5, 0.6) is 0 Å². The van der Waals surface area contributed by atoms with Crippen LogP contribution in [0.25, 0.3) is 0 Å². The molecule has 0 saturated carbocycles. The van der Waals surface area contributed by atoms with Crippen molar-refractivity contribution < 1.29 is 5.11 Å². The van der Waals surface area contributed by atoms with Gasteiger partial charge < -0.3 is 10.0 Å². The average Bonchev–Trinajstić information content (AvgIpc) is 2.16. The number of anilines is 1. The van der Waals surface area contributed by atoms with Crippen molar-refractivity contribution in [2.24, 2.45) is 5.92 Å². The van der Waals surface area contributed by atoms with Crippen molar-refractivity contribution in [3.8, 4) is 0 Å². The number of aromatic nitrogens is 2. The molecule has 0 unspecified atom stereocenters. The van der Waals surface area contributed by atoms with Crippen LogP contribution in [0.1, 0.15) is 25.1 Å². The molecular weight excluding hydrogens is 190 g/mol. The maximum atomic E-state index is 9.00. The van der Waals surface area contributed by atoms with Crippen LogP contribution in [-0.2, 0) is 6.61 Å². The molecule has 1 N–H and O–H groups in total. The zero-order valence-corrected chi connectivity index (χ0v) is 9.86. The van der Waals surface area contributed by atoms with E-state index in [0.29, 0.717) is 5.92 Å². The molecule has 0 radical (unpaired) electrons. The van der Waals surface area contributed by atoms with Gasteiger partial charge in [0.05, 0.1) is 6.61 Å². The van der Waals surface area contributed by atoms with Gasteiger partial charge in [-0.3, -0.25) is 0 Å². The summed E-state index contributed by atoms with van der Waals surface area (Å²) in [5.74, 6) is 1.30. The number of rotatable bonds is 4. The van der Waals surface area contributed by atoms with Gasteiger partial charge in [0.1, 0.15) is 0 Å². The first-order chi connectivity index (χ1) is 7.04. The zero-order valence-electron chi connectivity index (χ0n) is 9.86. The largest absolute Gasteiger partial charge is 0.392 e. The van der Waals surface area contributed by atoms with Crippen LogP contribution < -0.4 is 4.90 Å². The molecule has 1 aromatic rings. The summed E-state index contributed by atoms with van der Waals surface area (Å²) in [7, 11) is 1.98. The van der Waals surface area contributed by atoms with Gasteiger partial charge in [-0.1, -0.05) is 13.8 Å². The fourth-order valence-corrected chi connectivity index (χ4v) is 1.45. The third-order valence-electron chi connectivity index (χ3n) is 2.22. The predicted octanol–water partition coefficient (Wildman–Crippen LogP) is 1.37. The minimum Gasteiger partial charge on any atom is -0.392 e. The predicted molar refractivity (Wildman–Crippen MR) is 60.8 cm³/mol. The van der Waals surface area contributed by atoms with Gasteiger partial charge in [-0.15, -0.1) is 0 Å². The molecule has 1 aromatic heterocycles.